The van der Waals surface area contributed by atoms with Crippen molar-refractivity contribution in [2.75, 3.05) is 19.0 Å². The zero-order valence-electron chi connectivity index (χ0n) is 22.7. The van der Waals surface area contributed by atoms with Crippen LogP contribution in [0.3, 0.4) is 0 Å². The number of aromatic amines is 1. The summed E-state index contributed by atoms with van der Waals surface area (Å²) in [6, 6.07) is 11.2. The highest BCUT2D eigenvalue weighted by molar-refractivity contribution is 7.86. The van der Waals surface area contributed by atoms with Crippen LogP contribution in [0.1, 0.15) is 42.7 Å². The number of ether oxygens (including phenoxy) is 1. The lowest BCUT2D eigenvalue weighted by Gasteiger charge is -2.31. The minimum absolute atomic E-state index is 0.0657. The number of carbonyl (C=O) groups excluding carboxylic acids is 3. The number of aliphatic hydroxyl groups is 1. The summed E-state index contributed by atoms with van der Waals surface area (Å²) in [4.78, 5) is 44.8. The van der Waals surface area contributed by atoms with Crippen LogP contribution in [0, 0.1) is 5.92 Å². The van der Waals surface area contributed by atoms with Crippen LogP contribution in [0.25, 0.3) is 10.9 Å². The Morgan fingerprint density at radius 3 is 2.61 bits per heavy atom. The number of nitrogens with zero attached hydrogens (tertiary/aromatic N) is 1. The monoisotopic (exact) mass is 584 g/mol. The minimum Gasteiger partial charge on any atom is -0.496 e. The largest absolute Gasteiger partial charge is 0.496 e. The number of nitrogens with one attached hydrogen (secondary N) is 3. The second-order valence-electron chi connectivity index (χ2n) is 11.0. The molecular weight excluding hydrogens is 552 g/mol. The lowest BCUT2D eigenvalue weighted by atomic mass is 9.79. The number of hydrogen-bond acceptors (Lipinski definition) is 7. The predicted molar refractivity (Wildman–Crippen MR) is 150 cm³/mol. The highest BCUT2D eigenvalue weighted by Gasteiger charge is 2.59. The normalized spacial score (nSPS) is 21.7. The Balaban J connectivity index is 1.49. The fraction of sp³-hybridized carbons (Fsp3) is 0.393. The maximum absolute atomic E-state index is 14.1. The Morgan fingerprint density at radius 1 is 1.20 bits per heavy atom. The molecule has 5 N–H and O–H groups in total. The highest BCUT2D eigenvalue weighted by atomic mass is 32.2. The van der Waals surface area contributed by atoms with Crippen LogP contribution in [0.2, 0.25) is 0 Å². The van der Waals surface area contributed by atoms with Crippen LogP contribution < -0.4 is 15.4 Å². The molecule has 3 heterocycles. The number of aromatic nitrogens is 1. The van der Waals surface area contributed by atoms with Gasteiger partial charge in [-0.25, -0.2) is 0 Å². The summed E-state index contributed by atoms with van der Waals surface area (Å²) in [5.41, 5.74) is -1.78. The van der Waals surface area contributed by atoms with Crippen molar-refractivity contribution in [1.29, 1.82) is 0 Å². The molecule has 12 nitrogen and oxygen atoms in total. The number of aliphatic hydroxyl groups excluding tert-OH is 1. The average Bonchev–Trinajstić information content (AvgIpc) is 3.61. The highest BCUT2D eigenvalue weighted by Crippen LogP contribution is 2.47. The number of hydrogen-bond donors (Lipinski definition) is 5. The van der Waals surface area contributed by atoms with E-state index in [-0.39, 0.29) is 31.0 Å². The fourth-order valence-electron chi connectivity index (χ4n) is 5.92. The van der Waals surface area contributed by atoms with Crippen LogP contribution in [0.15, 0.2) is 48.5 Å². The van der Waals surface area contributed by atoms with E-state index >= 15 is 0 Å². The smallest absolute Gasteiger partial charge is 0.294 e. The van der Waals surface area contributed by atoms with Crippen LogP contribution in [0.5, 0.6) is 5.75 Å². The first-order valence-electron chi connectivity index (χ1n) is 13.2. The van der Waals surface area contributed by atoms with Gasteiger partial charge >= 0.3 is 0 Å². The molecule has 1 spiro atoms. The summed E-state index contributed by atoms with van der Waals surface area (Å²) in [6.45, 7) is 3.47. The SMILES string of the molecule is COc1cccc2[nH]c(C(=O)N[C@@H](CC(C)C)C(=O)N3C[C@]4(C[C@H]3C(O)S(=O)(=O)O)C(=O)Nc3ccccc34)cc12. The molecule has 0 bridgehead atoms. The van der Waals surface area contributed by atoms with Crippen LogP contribution in [-0.4, -0.2) is 76.9 Å². The van der Waals surface area contributed by atoms with Crippen molar-refractivity contribution < 1.29 is 37.2 Å². The number of carbonyl (C=O) groups is 3. The zero-order chi connectivity index (χ0) is 29.7. The van der Waals surface area contributed by atoms with Crippen molar-refractivity contribution in [3.05, 3.63) is 59.8 Å². The van der Waals surface area contributed by atoms with Crippen molar-refractivity contribution >= 4 is 44.4 Å². The molecule has 2 aliphatic heterocycles. The summed E-state index contributed by atoms with van der Waals surface area (Å²) < 4.78 is 39.2. The molecule has 2 aliphatic rings. The van der Waals surface area contributed by atoms with Crippen LogP contribution in [-0.2, 0) is 25.1 Å². The first-order chi connectivity index (χ1) is 19.4. The molecule has 1 saturated heterocycles. The Kier molecular flexibility index (Phi) is 7.30. The molecule has 3 amide bonds. The van der Waals surface area contributed by atoms with E-state index in [0.29, 0.717) is 27.9 Å². The third kappa shape index (κ3) is 5.04. The average molecular weight is 585 g/mol. The molecule has 0 saturated carbocycles. The number of para-hydroxylation sites is 1. The van der Waals surface area contributed by atoms with Gasteiger partial charge in [-0.3, -0.25) is 18.9 Å². The molecule has 3 aromatic rings. The molecule has 13 heteroatoms. The van der Waals surface area contributed by atoms with E-state index in [1.807, 2.05) is 13.8 Å². The number of likely N-dealkylation sites (tertiary alicyclic amines) is 1. The van der Waals surface area contributed by atoms with Gasteiger partial charge in [0.1, 0.15) is 17.5 Å². The van der Waals surface area contributed by atoms with Crippen molar-refractivity contribution in [3.8, 4) is 5.75 Å². The maximum atomic E-state index is 14.1. The zero-order valence-corrected chi connectivity index (χ0v) is 23.6. The Hall–Kier alpha value is -3.94. The second-order valence-corrected chi connectivity index (χ2v) is 12.5. The van der Waals surface area contributed by atoms with Gasteiger partial charge < -0.3 is 30.4 Å². The lowest BCUT2D eigenvalue weighted by molar-refractivity contribution is -0.136. The van der Waals surface area contributed by atoms with Gasteiger partial charge in [-0.2, -0.15) is 8.42 Å². The van der Waals surface area contributed by atoms with E-state index < -0.39 is 50.8 Å². The molecule has 1 fully saturated rings. The van der Waals surface area contributed by atoms with Gasteiger partial charge in [0, 0.05) is 23.1 Å². The third-order valence-corrected chi connectivity index (χ3v) is 8.76. The van der Waals surface area contributed by atoms with Gasteiger partial charge in [0.05, 0.1) is 18.6 Å². The van der Waals surface area contributed by atoms with E-state index in [0.717, 1.165) is 4.90 Å². The van der Waals surface area contributed by atoms with Gasteiger partial charge in [-0.1, -0.05) is 38.1 Å². The number of methoxy groups -OCH3 is 1. The van der Waals surface area contributed by atoms with E-state index in [9.17, 15) is 32.5 Å². The number of fused-ring (bicyclic) bond motifs is 3. The summed E-state index contributed by atoms with van der Waals surface area (Å²) in [5, 5.41) is 16.9. The standard InChI is InChI=1S/C28H32N4O8S/c1-15(2)11-21(30-24(33)20-12-16-18(29-20)9-6-10-23(16)40-3)25(34)32-14-28(13-22(32)26(35)41(37,38)39)17-7-4-5-8-19(17)31-27(28)36/h4-10,12,15,21-22,26,29,35H,11,13-14H2,1-3H3,(H,30,33)(H,31,36)(H,37,38,39)/t21-,22-,26?,28-/m0/s1. The molecule has 1 aromatic heterocycles. The molecule has 5 rings (SSSR count). The molecule has 1 unspecified atom stereocenters. The van der Waals surface area contributed by atoms with Crippen LogP contribution in [0.4, 0.5) is 5.69 Å². The van der Waals surface area contributed by atoms with E-state index in [2.05, 4.69) is 15.6 Å². The molecule has 2 aromatic carbocycles. The summed E-state index contributed by atoms with van der Waals surface area (Å²) in [5.74, 6) is -1.20. The van der Waals surface area contributed by atoms with Gasteiger partial charge in [0.25, 0.3) is 16.0 Å². The number of rotatable bonds is 8. The summed E-state index contributed by atoms with van der Waals surface area (Å²) in [6.07, 6.45) is -0.0538. The number of amides is 3. The minimum atomic E-state index is -5.00. The number of benzene rings is 2. The van der Waals surface area contributed by atoms with Gasteiger partial charge in [0.2, 0.25) is 17.3 Å². The van der Waals surface area contributed by atoms with Gasteiger partial charge in [0.15, 0.2) is 0 Å². The Labute approximate surface area is 236 Å². The number of H-pyrrole nitrogens is 1. The molecule has 218 valence electrons. The summed E-state index contributed by atoms with van der Waals surface area (Å²) in [7, 11) is -3.49. The molecule has 0 radical (unpaired) electrons. The number of anilines is 1. The van der Waals surface area contributed by atoms with E-state index in [4.69, 9.17) is 4.74 Å². The van der Waals surface area contributed by atoms with Crippen molar-refractivity contribution in [2.45, 2.75) is 49.6 Å². The Morgan fingerprint density at radius 2 is 1.93 bits per heavy atom. The fourth-order valence-corrected chi connectivity index (χ4v) is 6.56. The van der Waals surface area contributed by atoms with E-state index in [1.165, 1.54) is 7.11 Å². The topological polar surface area (TPSA) is 178 Å². The molecule has 41 heavy (non-hydrogen) atoms. The van der Waals surface area contributed by atoms with E-state index in [1.54, 1.807) is 48.5 Å². The third-order valence-electron chi connectivity index (χ3n) is 7.84. The maximum Gasteiger partial charge on any atom is 0.294 e. The van der Waals surface area contributed by atoms with Crippen molar-refractivity contribution in [3.63, 3.8) is 0 Å². The van der Waals surface area contributed by atoms with Crippen molar-refractivity contribution in [1.82, 2.24) is 15.2 Å². The van der Waals surface area contributed by atoms with Crippen molar-refractivity contribution in [2.24, 2.45) is 5.92 Å². The van der Waals surface area contributed by atoms with Gasteiger partial charge in [-0.15, -0.1) is 0 Å². The first-order valence-corrected chi connectivity index (χ1v) is 14.7. The quantitative estimate of drug-likeness (QED) is 0.250. The first kappa shape index (κ1) is 28.6. The molecule has 4 atom stereocenters. The van der Waals surface area contributed by atoms with Crippen LogP contribution >= 0.6 is 0 Å². The molecular formula is C28H32N4O8S. The van der Waals surface area contributed by atoms with Gasteiger partial charge in [-0.05, 0) is 48.6 Å². The predicted octanol–water partition coefficient (Wildman–Crippen LogP) is 2.02. The molecule has 0 aliphatic carbocycles. The Bertz CT molecular complexity index is 1630. The summed E-state index contributed by atoms with van der Waals surface area (Å²) >= 11 is 0. The second kappa shape index (κ2) is 10.5. The lowest BCUT2D eigenvalue weighted by Crippen LogP contribution is -2.54.